The molecule has 0 amide bonds. The summed E-state index contributed by atoms with van der Waals surface area (Å²) in [6.45, 7) is 2.05. The predicted molar refractivity (Wildman–Crippen MR) is 51.1 cm³/mol. The van der Waals surface area contributed by atoms with Crippen LogP contribution in [0.2, 0.25) is 0 Å². The first-order chi connectivity index (χ1) is 6.22. The van der Waals surface area contributed by atoms with E-state index >= 15 is 0 Å². The van der Waals surface area contributed by atoms with Crippen LogP contribution < -0.4 is 5.73 Å². The highest BCUT2D eigenvalue weighted by atomic mass is 14.6. The first-order valence-corrected chi connectivity index (χ1v) is 4.51. The van der Waals surface area contributed by atoms with Gasteiger partial charge in [0, 0.05) is 6.04 Å². The molecule has 0 spiro atoms. The highest BCUT2D eigenvalue weighted by Gasteiger charge is 2.20. The Balaban J connectivity index is 2.61. The number of benzene rings is 1. The maximum Gasteiger partial charge on any atom is 0.0991 e. The van der Waals surface area contributed by atoms with Gasteiger partial charge in [0.25, 0.3) is 0 Å². The molecule has 0 radical (unpaired) electrons. The highest BCUT2D eigenvalue weighted by molar-refractivity contribution is 5.46. The van der Waals surface area contributed by atoms with Crippen molar-refractivity contribution >= 4 is 0 Å². The van der Waals surface area contributed by atoms with Crippen LogP contribution in [0.3, 0.4) is 0 Å². The lowest BCUT2D eigenvalue weighted by atomic mass is 10.0. The van der Waals surface area contributed by atoms with Crippen molar-refractivity contribution in [2.45, 2.75) is 25.8 Å². The molecular weight excluding hydrogens is 160 g/mol. The normalized spacial score (nSPS) is 19.6. The zero-order valence-electron chi connectivity index (χ0n) is 7.67. The van der Waals surface area contributed by atoms with E-state index in [0.29, 0.717) is 0 Å². The molecule has 1 unspecified atom stereocenters. The molecule has 2 heteroatoms. The minimum absolute atomic E-state index is 0.141. The van der Waals surface area contributed by atoms with Gasteiger partial charge >= 0.3 is 0 Å². The van der Waals surface area contributed by atoms with Gasteiger partial charge in [-0.3, -0.25) is 0 Å². The second kappa shape index (κ2) is 2.86. The Hall–Kier alpha value is -1.33. The Morgan fingerprint density at radius 3 is 3.00 bits per heavy atom. The van der Waals surface area contributed by atoms with Crippen molar-refractivity contribution in [1.82, 2.24) is 0 Å². The van der Waals surface area contributed by atoms with Gasteiger partial charge in [-0.25, -0.2) is 0 Å². The second-order valence-corrected chi connectivity index (χ2v) is 3.62. The van der Waals surface area contributed by atoms with Crippen LogP contribution in [0.4, 0.5) is 0 Å². The van der Waals surface area contributed by atoms with E-state index in [2.05, 4.69) is 13.0 Å². The van der Waals surface area contributed by atoms with E-state index in [0.717, 1.165) is 18.4 Å². The lowest BCUT2D eigenvalue weighted by Crippen LogP contribution is -2.05. The molecule has 1 aliphatic rings. The third-order valence-electron chi connectivity index (χ3n) is 2.74. The third-order valence-corrected chi connectivity index (χ3v) is 2.74. The highest BCUT2D eigenvalue weighted by Crippen LogP contribution is 2.32. The molecule has 0 bridgehead atoms. The maximum absolute atomic E-state index is 8.79. The van der Waals surface area contributed by atoms with Crippen LogP contribution in [-0.4, -0.2) is 0 Å². The largest absolute Gasteiger partial charge is 0.324 e. The average Bonchev–Trinajstić information content (AvgIpc) is 2.48. The molecule has 1 aromatic rings. The molecule has 0 aliphatic heterocycles. The summed E-state index contributed by atoms with van der Waals surface area (Å²) in [6.07, 6.45) is 2.08. The smallest absolute Gasteiger partial charge is 0.0991 e. The van der Waals surface area contributed by atoms with Crippen molar-refractivity contribution in [2.75, 3.05) is 0 Å². The van der Waals surface area contributed by atoms with Crippen molar-refractivity contribution in [3.05, 3.63) is 34.4 Å². The van der Waals surface area contributed by atoms with Crippen molar-refractivity contribution < 1.29 is 0 Å². The standard InChI is InChI=1S/C11H12N2/c1-7-4-8(6-12)5-10-9(7)2-3-11(10)13/h4-5,11H,2-3,13H2,1H3. The Kier molecular flexibility index (Phi) is 1.82. The summed E-state index contributed by atoms with van der Waals surface area (Å²) in [5, 5.41) is 8.79. The molecular formula is C11H12N2. The van der Waals surface area contributed by atoms with Gasteiger partial charge in [-0.05, 0) is 48.6 Å². The number of hydrogen-bond donors (Lipinski definition) is 1. The van der Waals surface area contributed by atoms with E-state index in [9.17, 15) is 0 Å². The summed E-state index contributed by atoms with van der Waals surface area (Å²) in [4.78, 5) is 0. The minimum Gasteiger partial charge on any atom is -0.324 e. The molecule has 2 rings (SSSR count). The van der Waals surface area contributed by atoms with E-state index in [-0.39, 0.29) is 6.04 Å². The molecule has 0 heterocycles. The average molecular weight is 172 g/mol. The Bertz CT molecular complexity index is 388. The van der Waals surface area contributed by atoms with Gasteiger partial charge in [-0.1, -0.05) is 0 Å². The summed E-state index contributed by atoms with van der Waals surface area (Å²) >= 11 is 0. The number of nitrogens with zero attached hydrogens (tertiary/aromatic N) is 1. The number of rotatable bonds is 0. The zero-order valence-corrected chi connectivity index (χ0v) is 7.67. The van der Waals surface area contributed by atoms with E-state index in [1.807, 2.05) is 12.1 Å². The quantitative estimate of drug-likeness (QED) is 0.648. The number of nitriles is 1. The van der Waals surface area contributed by atoms with Gasteiger partial charge in [-0.2, -0.15) is 5.26 Å². The molecule has 0 saturated carbocycles. The molecule has 0 saturated heterocycles. The molecule has 2 N–H and O–H groups in total. The molecule has 1 atom stereocenters. The molecule has 66 valence electrons. The van der Waals surface area contributed by atoms with E-state index < -0.39 is 0 Å². The van der Waals surface area contributed by atoms with Crippen LogP contribution >= 0.6 is 0 Å². The molecule has 1 aromatic carbocycles. The Morgan fingerprint density at radius 1 is 1.54 bits per heavy atom. The summed E-state index contributed by atoms with van der Waals surface area (Å²) in [5.41, 5.74) is 10.4. The first-order valence-electron chi connectivity index (χ1n) is 4.51. The summed E-state index contributed by atoms with van der Waals surface area (Å²) in [7, 11) is 0. The Labute approximate surface area is 78.0 Å². The van der Waals surface area contributed by atoms with Gasteiger partial charge in [-0.15, -0.1) is 0 Å². The topological polar surface area (TPSA) is 49.8 Å². The Morgan fingerprint density at radius 2 is 2.31 bits per heavy atom. The molecule has 2 nitrogen and oxygen atoms in total. The second-order valence-electron chi connectivity index (χ2n) is 3.62. The maximum atomic E-state index is 8.79. The SMILES string of the molecule is Cc1cc(C#N)cc2c1CCC2N. The van der Waals surface area contributed by atoms with E-state index in [1.165, 1.54) is 16.7 Å². The number of fused-ring (bicyclic) bond motifs is 1. The third kappa shape index (κ3) is 1.22. The fraction of sp³-hybridized carbons (Fsp3) is 0.364. The van der Waals surface area contributed by atoms with Gasteiger partial charge in [0.05, 0.1) is 11.6 Å². The molecule has 0 aromatic heterocycles. The summed E-state index contributed by atoms with van der Waals surface area (Å²) < 4.78 is 0. The summed E-state index contributed by atoms with van der Waals surface area (Å²) in [6, 6.07) is 6.18. The monoisotopic (exact) mass is 172 g/mol. The fourth-order valence-corrected chi connectivity index (χ4v) is 2.04. The number of aryl methyl sites for hydroxylation is 1. The molecule has 0 fully saturated rings. The van der Waals surface area contributed by atoms with Gasteiger partial charge in [0.1, 0.15) is 0 Å². The molecule has 1 aliphatic carbocycles. The van der Waals surface area contributed by atoms with Crippen LogP contribution in [0, 0.1) is 18.3 Å². The van der Waals surface area contributed by atoms with Crippen LogP contribution in [0.25, 0.3) is 0 Å². The van der Waals surface area contributed by atoms with E-state index in [4.69, 9.17) is 11.0 Å². The number of nitrogens with two attached hydrogens (primary N) is 1. The first kappa shape index (κ1) is 8.28. The van der Waals surface area contributed by atoms with Crippen molar-refractivity contribution in [2.24, 2.45) is 5.73 Å². The van der Waals surface area contributed by atoms with Crippen LogP contribution in [-0.2, 0) is 6.42 Å². The van der Waals surface area contributed by atoms with Crippen LogP contribution in [0.5, 0.6) is 0 Å². The van der Waals surface area contributed by atoms with E-state index in [1.54, 1.807) is 0 Å². The zero-order chi connectivity index (χ0) is 9.42. The lowest BCUT2D eigenvalue weighted by Gasteiger charge is -2.07. The molecule has 13 heavy (non-hydrogen) atoms. The van der Waals surface area contributed by atoms with Gasteiger partial charge in [0.2, 0.25) is 0 Å². The minimum atomic E-state index is 0.141. The lowest BCUT2D eigenvalue weighted by molar-refractivity contribution is 0.713. The van der Waals surface area contributed by atoms with Gasteiger partial charge in [0.15, 0.2) is 0 Å². The fourth-order valence-electron chi connectivity index (χ4n) is 2.04. The van der Waals surface area contributed by atoms with Crippen LogP contribution in [0.1, 0.15) is 34.7 Å². The van der Waals surface area contributed by atoms with Crippen LogP contribution in [0.15, 0.2) is 12.1 Å². The van der Waals surface area contributed by atoms with Crippen molar-refractivity contribution in [3.8, 4) is 6.07 Å². The van der Waals surface area contributed by atoms with Crippen molar-refractivity contribution in [1.29, 1.82) is 5.26 Å². The van der Waals surface area contributed by atoms with Gasteiger partial charge < -0.3 is 5.73 Å². The number of hydrogen-bond acceptors (Lipinski definition) is 2. The van der Waals surface area contributed by atoms with Crippen molar-refractivity contribution in [3.63, 3.8) is 0 Å². The summed E-state index contributed by atoms with van der Waals surface area (Å²) in [5.74, 6) is 0. The predicted octanol–water partition coefficient (Wildman–Crippen LogP) is 1.81.